The number of nitrogen functional groups attached to an aromatic ring is 1. The van der Waals surface area contributed by atoms with Crippen molar-refractivity contribution in [1.29, 1.82) is 5.26 Å². The van der Waals surface area contributed by atoms with Crippen molar-refractivity contribution in [2.24, 2.45) is 0 Å². The number of rotatable bonds is 1. The van der Waals surface area contributed by atoms with Gasteiger partial charge in [0, 0.05) is 27.1 Å². The highest BCUT2D eigenvalue weighted by Crippen LogP contribution is 2.31. The summed E-state index contributed by atoms with van der Waals surface area (Å²) in [5.41, 5.74) is 8.36. The molecule has 0 saturated carbocycles. The Balaban J connectivity index is 2.33. The minimum atomic E-state index is 0.151. The molecular formula is C13H8BrN5. The number of nitriles is 1. The smallest absolute Gasteiger partial charge is 0.220 e. The summed E-state index contributed by atoms with van der Waals surface area (Å²) in [5, 5.41) is 10.1. The summed E-state index contributed by atoms with van der Waals surface area (Å²) in [6.45, 7) is 0. The van der Waals surface area contributed by atoms with Gasteiger partial charge in [0.25, 0.3) is 0 Å². The van der Waals surface area contributed by atoms with Crippen molar-refractivity contribution in [3.8, 4) is 17.3 Å². The fraction of sp³-hybridized carbons (Fsp3) is 0. The van der Waals surface area contributed by atoms with E-state index in [4.69, 9.17) is 11.0 Å². The van der Waals surface area contributed by atoms with E-state index in [1.54, 1.807) is 0 Å². The van der Waals surface area contributed by atoms with Crippen molar-refractivity contribution < 1.29 is 0 Å². The Morgan fingerprint density at radius 1 is 1.37 bits per heavy atom. The van der Waals surface area contributed by atoms with Crippen molar-refractivity contribution in [2.75, 3.05) is 5.73 Å². The Morgan fingerprint density at radius 2 is 2.21 bits per heavy atom. The quantitative estimate of drug-likeness (QED) is 0.722. The average Bonchev–Trinajstić information content (AvgIpc) is 2.81. The highest BCUT2D eigenvalue weighted by molar-refractivity contribution is 9.10. The first-order valence-electron chi connectivity index (χ1n) is 5.48. The van der Waals surface area contributed by atoms with Crippen LogP contribution in [0.2, 0.25) is 0 Å². The van der Waals surface area contributed by atoms with Crippen LogP contribution in [-0.2, 0) is 0 Å². The number of nitrogens with zero attached hydrogens (tertiary/aromatic N) is 3. The summed E-state index contributed by atoms with van der Waals surface area (Å²) in [6, 6.07) is 7.96. The van der Waals surface area contributed by atoms with E-state index in [1.165, 1.54) is 6.20 Å². The molecule has 0 spiro atoms. The molecule has 19 heavy (non-hydrogen) atoms. The van der Waals surface area contributed by atoms with Gasteiger partial charge in [-0.1, -0.05) is 15.9 Å². The molecular weight excluding hydrogens is 306 g/mol. The molecule has 0 unspecified atom stereocenters. The summed E-state index contributed by atoms with van der Waals surface area (Å²) in [6.07, 6.45) is 3.26. The molecule has 5 nitrogen and oxygen atoms in total. The van der Waals surface area contributed by atoms with Crippen LogP contribution in [0.15, 0.2) is 35.1 Å². The molecule has 0 aliphatic heterocycles. The van der Waals surface area contributed by atoms with Gasteiger partial charge in [-0.2, -0.15) is 5.26 Å². The number of hydrogen-bond acceptors (Lipinski definition) is 4. The van der Waals surface area contributed by atoms with Crippen LogP contribution >= 0.6 is 15.9 Å². The summed E-state index contributed by atoms with van der Waals surface area (Å²) >= 11 is 3.44. The third-order valence-corrected chi connectivity index (χ3v) is 3.32. The molecule has 0 amide bonds. The van der Waals surface area contributed by atoms with Crippen molar-refractivity contribution in [1.82, 2.24) is 15.0 Å². The Kier molecular flexibility index (Phi) is 2.69. The fourth-order valence-corrected chi connectivity index (χ4v) is 2.33. The SMILES string of the molecule is N#Cc1cnc(N)nc1-c1c[nH]c2ccc(Br)cc12. The molecule has 0 saturated heterocycles. The molecule has 0 atom stereocenters. The number of nitrogens with one attached hydrogen (secondary N) is 1. The van der Waals surface area contributed by atoms with Gasteiger partial charge >= 0.3 is 0 Å². The zero-order valence-electron chi connectivity index (χ0n) is 9.68. The second kappa shape index (κ2) is 4.37. The minimum absolute atomic E-state index is 0.151. The van der Waals surface area contributed by atoms with Gasteiger partial charge in [0.2, 0.25) is 5.95 Å². The molecule has 0 aliphatic carbocycles. The van der Waals surface area contributed by atoms with Gasteiger partial charge in [0.1, 0.15) is 6.07 Å². The van der Waals surface area contributed by atoms with Crippen LogP contribution in [0.5, 0.6) is 0 Å². The first kappa shape index (κ1) is 11.7. The third-order valence-electron chi connectivity index (χ3n) is 2.83. The largest absolute Gasteiger partial charge is 0.368 e. The zero-order chi connectivity index (χ0) is 13.4. The maximum Gasteiger partial charge on any atom is 0.220 e. The van der Waals surface area contributed by atoms with Gasteiger partial charge in [0.05, 0.1) is 17.5 Å². The molecule has 2 aromatic heterocycles. The predicted molar refractivity (Wildman–Crippen MR) is 76.2 cm³/mol. The number of anilines is 1. The lowest BCUT2D eigenvalue weighted by molar-refractivity contribution is 1.17. The van der Waals surface area contributed by atoms with Crippen LogP contribution in [-0.4, -0.2) is 15.0 Å². The van der Waals surface area contributed by atoms with Gasteiger partial charge in [-0.25, -0.2) is 9.97 Å². The van der Waals surface area contributed by atoms with Crippen LogP contribution in [0.3, 0.4) is 0 Å². The predicted octanol–water partition coefficient (Wildman–Crippen LogP) is 2.84. The van der Waals surface area contributed by atoms with Gasteiger partial charge in [-0.15, -0.1) is 0 Å². The zero-order valence-corrected chi connectivity index (χ0v) is 11.3. The van der Waals surface area contributed by atoms with Crippen molar-refractivity contribution in [3.63, 3.8) is 0 Å². The van der Waals surface area contributed by atoms with E-state index in [-0.39, 0.29) is 5.95 Å². The van der Waals surface area contributed by atoms with Gasteiger partial charge in [-0.05, 0) is 18.2 Å². The molecule has 0 aliphatic rings. The minimum Gasteiger partial charge on any atom is -0.368 e. The number of H-pyrrole nitrogens is 1. The molecule has 3 rings (SSSR count). The van der Waals surface area contributed by atoms with Gasteiger partial charge in [0.15, 0.2) is 0 Å². The fourth-order valence-electron chi connectivity index (χ4n) is 1.97. The third kappa shape index (κ3) is 1.94. The molecule has 3 N–H and O–H groups in total. The molecule has 6 heteroatoms. The lowest BCUT2D eigenvalue weighted by Crippen LogP contribution is -1.98. The Labute approximate surface area is 117 Å². The molecule has 1 aromatic carbocycles. The van der Waals surface area contributed by atoms with Crippen LogP contribution in [0.25, 0.3) is 22.2 Å². The molecule has 0 bridgehead atoms. The average molecular weight is 314 g/mol. The molecule has 92 valence electrons. The number of benzene rings is 1. The monoisotopic (exact) mass is 313 g/mol. The number of nitrogens with two attached hydrogens (primary N) is 1. The van der Waals surface area contributed by atoms with E-state index in [9.17, 15) is 0 Å². The van der Waals surface area contributed by atoms with Crippen LogP contribution in [0.4, 0.5) is 5.95 Å². The van der Waals surface area contributed by atoms with E-state index in [1.807, 2.05) is 24.4 Å². The Bertz CT molecular complexity index is 816. The lowest BCUT2D eigenvalue weighted by atomic mass is 10.1. The highest BCUT2D eigenvalue weighted by Gasteiger charge is 2.13. The Morgan fingerprint density at radius 3 is 3.00 bits per heavy atom. The van der Waals surface area contributed by atoms with Crippen LogP contribution < -0.4 is 5.73 Å². The first-order valence-corrected chi connectivity index (χ1v) is 6.28. The second-order valence-corrected chi connectivity index (χ2v) is 4.91. The summed E-state index contributed by atoms with van der Waals surface area (Å²) in [5.74, 6) is 0.151. The maximum absolute atomic E-state index is 9.14. The number of aromatic nitrogens is 3. The van der Waals surface area contributed by atoms with E-state index < -0.39 is 0 Å². The topological polar surface area (TPSA) is 91.4 Å². The van der Waals surface area contributed by atoms with Crippen LogP contribution in [0.1, 0.15) is 5.56 Å². The molecule has 3 aromatic rings. The van der Waals surface area contributed by atoms with E-state index in [2.05, 4.69) is 37.0 Å². The summed E-state index contributed by atoms with van der Waals surface area (Å²) in [7, 11) is 0. The summed E-state index contributed by atoms with van der Waals surface area (Å²) < 4.78 is 0.960. The molecule has 0 fully saturated rings. The lowest BCUT2D eigenvalue weighted by Gasteiger charge is -2.02. The van der Waals surface area contributed by atoms with E-state index in [0.29, 0.717) is 11.3 Å². The van der Waals surface area contributed by atoms with Gasteiger partial charge < -0.3 is 10.7 Å². The second-order valence-electron chi connectivity index (χ2n) is 3.99. The van der Waals surface area contributed by atoms with Gasteiger partial charge in [-0.3, -0.25) is 0 Å². The number of aromatic amines is 1. The van der Waals surface area contributed by atoms with Crippen molar-refractivity contribution >= 4 is 32.8 Å². The Hall–Kier alpha value is -2.39. The van der Waals surface area contributed by atoms with E-state index in [0.717, 1.165) is 20.9 Å². The van der Waals surface area contributed by atoms with Crippen molar-refractivity contribution in [3.05, 3.63) is 40.6 Å². The number of fused-ring (bicyclic) bond motifs is 1. The molecule has 2 heterocycles. The first-order chi connectivity index (χ1) is 9.19. The van der Waals surface area contributed by atoms with E-state index >= 15 is 0 Å². The van der Waals surface area contributed by atoms with Crippen LogP contribution in [0, 0.1) is 11.3 Å². The normalized spacial score (nSPS) is 10.5. The highest BCUT2D eigenvalue weighted by atomic mass is 79.9. The number of hydrogen-bond donors (Lipinski definition) is 2. The summed E-state index contributed by atoms with van der Waals surface area (Å²) in [4.78, 5) is 11.2. The standard InChI is InChI=1S/C13H8BrN5/c14-8-1-2-11-9(3-8)10(6-17-11)12-7(4-15)5-18-13(16)19-12/h1-3,5-6,17H,(H2,16,18,19). The molecule has 0 radical (unpaired) electrons. The van der Waals surface area contributed by atoms with Crippen molar-refractivity contribution in [2.45, 2.75) is 0 Å². The number of halogens is 1. The maximum atomic E-state index is 9.14.